The highest BCUT2D eigenvalue weighted by atomic mass is 16.3. The van der Waals surface area contributed by atoms with Crippen LogP contribution < -0.4 is 0 Å². The van der Waals surface area contributed by atoms with Crippen LogP contribution in [0.5, 0.6) is 0 Å². The monoisotopic (exact) mass is 228 g/mol. The molecule has 0 heterocycles. The Labute approximate surface area is 103 Å². The Bertz CT molecular complexity index is 176. The van der Waals surface area contributed by atoms with Gasteiger partial charge in [0.2, 0.25) is 0 Å². The van der Waals surface area contributed by atoms with Gasteiger partial charge in [0.15, 0.2) is 0 Å². The van der Waals surface area contributed by atoms with Gasteiger partial charge in [-0.1, -0.05) is 73.6 Å². The molecule has 0 bridgehead atoms. The number of hydrogen-bond acceptors (Lipinski definition) is 1. The van der Waals surface area contributed by atoms with E-state index in [4.69, 9.17) is 0 Å². The third-order valence-electron chi connectivity index (χ3n) is 4.35. The molecule has 0 aromatic carbocycles. The maximum atomic E-state index is 10.3. The van der Waals surface area contributed by atoms with Gasteiger partial charge in [-0.2, -0.15) is 0 Å². The van der Waals surface area contributed by atoms with E-state index in [1.54, 1.807) is 0 Å². The molecule has 1 N–H and O–H groups in total. The quantitative estimate of drug-likeness (QED) is 0.622. The summed E-state index contributed by atoms with van der Waals surface area (Å²) >= 11 is 0. The second kappa shape index (κ2) is 6.64. The molecule has 0 spiro atoms. The Morgan fingerprint density at radius 3 is 1.81 bits per heavy atom. The van der Waals surface area contributed by atoms with Crippen molar-refractivity contribution in [3.05, 3.63) is 0 Å². The van der Waals surface area contributed by atoms with E-state index in [1.165, 1.54) is 32.1 Å². The molecule has 98 valence electrons. The first-order valence-electron chi connectivity index (χ1n) is 6.91. The Morgan fingerprint density at radius 1 is 0.875 bits per heavy atom. The zero-order valence-corrected chi connectivity index (χ0v) is 12.3. The third-order valence-corrected chi connectivity index (χ3v) is 4.35. The highest BCUT2D eigenvalue weighted by Gasteiger charge is 2.38. The van der Waals surface area contributed by atoms with Crippen LogP contribution >= 0.6 is 0 Å². The van der Waals surface area contributed by atoms with Gasteiger partial charge in [0.25, 0.3) is 0 Å². The molecule has 0 radical (unpaired) electrons. The summed E-state index contributed by atoms with van der Waals surface area (Å²) in [6, 6.07) is 0. The van der Waals surface area contributed by atoms with Crippen LogP contribution in [0.4, 0.5) is 0 Å². The minimum absolute atomic E-state index is 0.00223. The second-order valence-corrected chi connectivity index (χ2v) is 6.69. The molecule has 0 aliphatic carbocycles. The average molecular weight is 228 g/mol. The summed E-state index contributed by atoms with van der Waals surface area (Å²) in [6.45, 7) is 13.2. The molecule has 1 heteroatoms. The molecule has 0 fully saturated rings. The molecule has 0 aliphatic heterocycles. The van der Waals surface area contributed by atoms with Crippen molar-refractivity contribution < 1.29 is 5.11 Å². The van der Waals surface area contributed by atoms with Crippen LogP contribution in [0.25, 0.3) is 0 Å². The number of aliphatic hydroxyl groups excluding tert-OH is 1. The van der Waals surface area contributed by atoms with Gasteiger partial charge < -0.3 is 5.11 Å². The van der Waals surface area contributed by atoms with Crippen LogP contribution in [0.2, 0.25) is 0 Å². The zero-order chi connectivity index (χ0) is 12.8. The predicted octanol–water partition coefficient (Wildman–Crippen LogP) is 4.78. The molecule has 0 saturated heterocycles. The number of rotatable bonds is 7. The lowest BCUT2D eigenvalue weighted by atomic mass is 9.65. The molecule has 0 aromatic heterocycles. The van der Waals surface area contributed by atoms with E-state index >= 15 is 0 Å². The topological polar surface area (TPSA) is 20.2 Å². The van der Waals surface area contributed by atoms with Crippen molar-refractivity contribution in [2.45, 2.75) is 86.2 Å². The summed E-state index contributed by atoms with van der Waals surface area (Å²) in [6.07, 6.45) is 7.16. The summed E-state index contributed by atoms with van der Waals surface area (Å²) in [5, 5.41) is 10.3. The van der Waals surface area contributed by atoms with Crippen molar-refractivity contribution in [1.82, 2.24) is 0 Å². The highest BCUT2D eigenvalue weighted by Crippen LogP contribution is 2.42. The number of aliphatic hydroxyl groups is 1. The predicted molar refractivity (Wildman–Crippen MR) is 72.6 cm³/mol. The van der Waals surface area contributed by atoms with Crippen LogP contribution in [0, 0.1) is 10.8 Å². The van der Waals surface area contributed by atoms with Crippen LogP contribution in [0.3, 0.4) is 0 Å². The van der Waals surface area contributed by atoms with E-state index in [2.05, 4.69) is 41.5 Å². The number of hydrogen-bond donors (Lipinski definition) is 1. The summed E-state index contributed by atoms with van der Waals surface area (Å²) in [5.41, 5.74) is 0.160. The lowest BCUT2D eigenvalue weighted by molar-refractivity contribution is -0.0327. The largest absolute Gasteiger partial charge is 0.393 e. The molecule has 1 unspecified atom stereocenters. The Hall–Kier alpha value is -0.0400. The maximum absolute atomic E-state index is 10.3. The lowest BCUT2D eigenvalue weighted by Gasteiger charge is -2.42. The van der Waals surface area contributed by atoms with E-state index in [1.807, 2.05) is 0 Å². The van der Waals surface area contributed by atoms with Gasteiger partial charge in [-0.3, -0.25) is 0 Å². The lowest BCUT2D eigenvalue weighted by Crippen LogP contribution is -2.40. The maximum Gasteiger partial charge on any atom is 0.0596 e. The normalized spacial score (nSPS) is 15.2. The Kier molecular flexibility index (Phi) is 6.62. The van der Waals surface area contributed by atoms with E-state index in [-0.39, 0.29) is 16.9 Å². The van der Waals surface area contributed by atoms with Gasteiger partial charge in [0.1, 0.15) is 0 Å². The summed E-state index contributed by atoms with van der Waals surface area (Å²) in [5.74, 6) is 0. The zero-order valence-electron chi connectivity index (χ0n) is 12.3. The van der Waals surface area contributed by atoms with Crippen LogP contribution in [-0.2, 0) is 0 Å². The van der Waals surface area contributed by atoms with Crippen LogP contribution in [0.15, 0.2) is 0 Å². The van der Waals surface area contributed by atoms with Crippen LogP contribution in [-0.4, -0.2) is 11.2 Å². The van der Waals surface area contributed by atoms with Crippen molar-refractivity contribution in [2.24, 2.45) is 10.8 Å². The summed E-state index contributed by atoms with van der Waals surface area (Å²) < 4.78 is 0. The molecule has 0 saturated carbocycles. The van der Waals surface area contributed by atoms with E-state index in [9.17, 15) is 5.11 Å². The average Bonchev–Trinajstić information content (AvgIpc) is 2.15. The Balaban J connectivity index is 3.92. The van der Waals surface area contributed by atoms with Crippen molar-refractivity contribution >= 4 is 0 Å². The third kappa shape index (κ3) is 4.86. The minimum Gasteiger partial charge on any atom is -0.393 e. The molecule has 16 heavy (non-hydrogen) atoms. The first-order chi connectivity index (χ1) is 7.23. The molecule has 0 aliphatic rings. The first-order valence-corrected chi connectivity index (χ1v) is 6.91. The molecule has 1 nitrogen and oxygen atoms in total. The van der Waals surface area contributed by atoms with Gasteiger partial charge in [-0.05, 0) is 17.3 Å². The standard InChI is InChI=1S/C15H32O/c1-7-8-9-10-11-12-13(16)15(5,6)14(2,3)4/h13,16H,7-12H2,1-6H3. The fourth-order valence-corrected chi connectivity index (χ4v) is 1.80. The van der Waals surface area contributed by atoms with Crippen molar-refractivity contribution in [2.75, 3.05) is 0 Å². The van der Waals surface area contributed by atoms with Gasteiger partial charge in [0.05, 0.1) is 6.10 Å². The molecule has 0 amide bonds. The van der Waals surface area contributed by atoms with E-state index < -0.39 is 0 Å². The van der Waals surface area contributed by atoms with Gasteiger partial charge in [-0.25, -0.2) is 0 Å². The SMILES string of the molecule is CCCCCCCC(O)C(C)(C)C(C)(C)C. The molecular weight excluding hydrogens is 196 g/mol. The molecule has 0 rings (SSSR count). The Morgan fingerprint density at radius 2 is 1.38 bits per heavy atom. The number of unbranched alkanes of at least 4 members (excludes halogenated alkanes) is 4. The summed E-state index contributed by atoms with van der Waals surface area (Å²) in [7, 11) is 0. The van der Waals surface area contributed by atoms with E-state index in [0.717, 1.165) is 6.42 Å². The smallest absolute Gasteiger partial charge is 0.0596 e. The first kappa shape index (κ1) is 16.0. The fourth-order valence-electron chi connectivity index (χ4n) is 1.80. The van der Waals surface area contributed by atoms with Crippen molar-refractivity contribution in [1.29, 1.82) is 0 Å². The van der Waals surface area contributed by atoms with Crippen LogP contribution in [0.1, 0.15) is 80.1 Å². The fraction of sp³-hybridized carbons (Fsp3) is 1.00. The summed E-state index contributed by atoms with van der Waals surface area (Å²) in [4.78, 5) is 0. The van der Waals surface area contributed by atoms with Crippen molar-refractivity contribution in [3.8, 4) is 0 Å². The minimum atomic E-state index is -0.172. The van der Waals surface area contributed by atoms with Gasteiger partial charge >= 0.3 is 0 Å². The van der Waals surface area contributed by atoms with Crippen molar-refractivity contribution in [3.63, 3.8) is 0 Å². The second-order valence-electron chi connectivity index (χ2n) is 6.69. The van der Waals surface area contributed by atoms with Gasteiger partial charge in [0, 0.05) is 0 Å². The molecular formula is C15H32O. The molecule has 1 atom stereocenters. The molecule has 0 aromatic rings. The highest BCUT2D eigenvalue weighted by molar-refractivity contribution is 4.88. The van der Waals surface area contributed by atoms with E-state index in [0.29, 0.717) is 0 Å². The van der Waals surface area contributed by atoms with Gasteiger partial charge in [-0.15, -0.1) is 0 Å².